The highest BCUT2D eigenvalue weighted by Crippen LogP contribution is 2.31. The summed E-state index contributed by atoms with van der Waals surface area (Å²) >= 11 is 6.08. The minimum absolute atomic E-state index is 0.526. The molecule has 3 atom stereocenters. The fourth-order valence-corrected chi connectivity index (χ4v) is 2.54. The highest BCUT2D eigenvalue weighted by molar-refractivity contribution is 6.32. The molecule has 0 radical (unpaired) electrons. The van der Waals surface area contributed by atoms with Crippen LogP contribution >= 0.6 is 11.6 Å². The Morgan fingerprint density at radius 3 is 2.81 bits per heavy atom. The van der Waals surface area contributed by atoms with Crippen LogP contribution in [0.4, 0.5) is 5.82 Å². The van der Waals surface area contributed by atoms with Gasteiger partial charge in [0, 0.05) is 12.2 Å². The van der Waals surface area contributed by atoms with E-state index in [4.69, 9.17) is 11.6 Å². The lowest BCUT2D eigenvalue weighted by Crippen LogP contribution is -2.30. The van der Waals surface area contributed by atoms with Crippen LogP contribution in [0.1, 0.15) is 33.1 Å². The number of anilines is 1. The van der Waals surface area contributed by atoms with Gasteiger partial charge in [-0.25, -0.2) is 4.98 Å². The number of aromatic nitrogens is 1. The zero-order valence-electron chi connectivity index (χ0n) is 9.91. The van der Waals surface area contributed by atoms with E-state index >= 15 is 0 Å². The Balaban J connectivity index is 1.98. The topological polar surface area (TPSA) is 24.9 Å². The molecular formula is C13H19ClN2. The smallest absolute Gasteiger partial charge is 0.144 e. The molecule has 3 unspecified atom stereocenters. The van der Waals surface area contributed by atoms with Crippen molar-refractivity contribution in [1.29, 1.82) is 0 Å². The Kier molecular flexibility index (Phi) is 3.70. The minimum atomic E-state index is 0.526. The molecular weight excluding hydrogens is 220 g/mol. The summed E-state index contributed by atoms with van der Waals surface area (Å²) in [5, 5.41) is 4.17. The number of hydrogen-bond donors (Lipinski definition) is 1. The summed E-state index contributed by atoms with van der Waals surface area (Å²) in [4.78, 5) is 4.27. The molecule has 0 amide bonds. The van der Waals surface area contributed by atoms with Gasteiger partial charge in [-0.05, 0) is 43.2 Å². The first kappa shape index (κ1) is 11.7. The highest BCUT2D eigenvalue weighted by atomic mass is 35.5. The Labute approximate surface area is 102 Å². The van der Waals surface area contributed by atoms with Gasteiger partial charge in [0.1, 0.15) is 5.82 Å². The van der Waals surface area contributed by atoms with Crippen molar-refractivity contribution < 1.29 is 0 Å². The van der Waals surface area contributed by atoms with Crippen LogP contribution in [0.2, 0.25) is 5.02 Å². The molecule has 0 saturated heterocycles. The van der Waals surface area contributed by atoms with Crippen molar-refractivity contribution in [2.75, 3.05) is 5.32 Å². The highest BCUT2D eigenvalue weighted by Gasteiger charge is 2.24. The van der Waals surface area contributed by atoms with E-state index in [-0.39, 0.29) is 0 Å². The van der Waals surface area contributed by atoms with Crippen LogP contribution in [-0.4, -0.2) is 11.0 Å². The number of nitrogens with one attached hydrogen (secondary N) is 1. The van der Waals surface area contributed by atoms with Gasteiger partial charge < -0.3 is 5.32 Å². The Morgan fingerprint density at radius 1 is 1.31 bits per heavy atom. The molecule has 1 aliphatic rings. The standard InChI is InChI=1S/C13H19ClN2/c1-9-5-6-11(8-10(9)2)16-13-12(14)4-3-7-15-13/h3-4,7,9-11H,5-6,8H2,1-2H3,(H,15,16). The van der Waals surface area contributed by atoms with Gasteiger partial charge >= 0.3 is 0 Å². The molecule has 1 N–H and O–H groups in total. The lowest BCUT2D eigenvalue weighted by atomic mass is 9.79. The number of rotatable bonds is 2. The number of nitrogens with zero attached hydrogens (tertiary/aromatic N) is 1. The van der Waals surface area contributed by atoms with E-state index in [1.807, 2.05) is 12.1 Å². The third-order valence-corrected chi connectivity index (χ3v) is 4.00. The SMILES string of the molecule is CC1CCC(Nc2ncccc2Cl)CC1C. The maximum Gasteiger partial charge on any atom is 0.144 e. The zero-order valence-corrected chi connectivity index (χ0v) is 10.7. The quantitative estimate of drug-likeness (QED) is 0.843. The number of pyridine rings is 1. The number of halogens is 1. The minimum Gasteiger partial charge on any atom is -0.366 e. The summed E-state index contributed by atoms with van der Waals surface area (Å²) in [6, 6.07) is 4.27. The Morgan fingerprint density at radius 2 is 2.12 bits per heavy atom. The molecule has 0 aliphatic heterocycles. The lowest BCUT2D eigenvalue weighted by molar-refractivity contribution is 0.260. The van der Waals surface area contributed by atoms with Crippen molar-refractivity contribution in [3.8, 4) is 0 Å². The predicted molar refractivity (Wildman–Crippen MR) is 68.8 cm³/mol. The van der Waals surface area contributed by atoms with E-state index in [1.165, 1.54) is 19.3 Å². The van der Waals surface area contributed by atoms with Gasteiger partial charge in [0.25, 0.3) is 0 Å². The summed E-state index contributed by atoms with van der Waals surface area (Å²) in [7, 11) is 0. The Bertz CT molecular complexity index is 354. The molecule has 1 aromatic rings. The lowest BCUT2D eigenvalue weighted by Gasteiger charge is -2.32. The number of hydrogen-bond acceptors (Lipinski definition) is 2. The van der Waals surface area contributed by atoms with Crippen molar-refractivity contribution in [2.24, 2.45) is 11.8 Å². The van der Waals surface area contributed by atoms with Gasteiger partial charge in [-0.15, -0.1) is 0 Å². The molecule has 1 heterocycles. The predicted octanol–water partition coefficient (Wildman–Crippen LogP) is 3.97. The van der Waals surface area contributed by atoms with E-state index in [9.17, 15) is 0 Å². The average molecular weight is 239 g/mol. The van der Waals surface area contributed by atoms with Crippen LogP contribution in [-0.2, 0) is 0 Å². The molecule has 1 aliphatic carbocycles. The fourth-order valence-electron chi connectivity index (χ4n) is 2.36. The molecule has 1 fully saturated rings. The van der Waals surface area contributed by atoms with Gasteiger partial charge in [-0.1, -0.05) is 25.4 Å². The summed E-state index contributed by atoms with van der Waals surface area (Å²) in [5.74, 6) is 2.46. The van der Waals surface area contributed by atoms with E-state index in [2.05, 4.69) is 24.1 Å². The van der Waals surface area contributed by atoms with Crippen molar-refractivity contribution in [3.05, 3.63) is 23.4 Å². The molecule has 1 saturated carbocycles. The first-order valence-electron chi connectivity index (χ1n) is 6.04. The van der Waals surface area contributed by atoms with Gasteiger partial charge in [0.05, 0.1) is 5.02 Å². The van der Waals surface area contributed by atoms with Gasteiger partial charge in [0.15, 0.2) is 0 Å². The average Bonchev–Trinajstić information content (AvgIpc) is 2.27. The summed E-state index contributed by atoms with van der Waals surface area (Å²) in [5.41, 5.74) is 0. The van der Waals surface area contributed by atoms with Crippen LogP contribution in [0, 0.1) is 11.8 Å². The van der Waals surface area contributed by atoms with Crippen LogP contribution in [0.5, 0.6) is 0 Å². The van der Waals surface area contributed by atoms with Crippen molar-refractivity contribution >= 4 is 17.4 Å². The second-order valence-electron chi connectivity index (χ2n) is 4.94. The third-order valence-electron chi connectivity index (χ3n) is 3.70. The maximum atomic E-state index is 6.08. The van der Waals surface area contributed by atoms with Crippen molar-refractivity contribution in [3.63, 3.8) is 0 Å². The van der Waals surface area contributed by atoms with Crippen molar-refractivity contribution in [1.82, 2.24) is 4.98 Å². The Hall–Kier alpha value is -0.760. The summed E-state index contributed by atoms with van der Waals surface area (Å²) in [6.07, 6.45) is 5.51. The van der Waals surface area contributed by atoms with Gasteiger partial charge in [-0.2, -0.15) is 0 Å². The van der Waals surface area contributed by atoms with Crippen LogP contribution in [0.25, 0.3) is 0 Å². The van der Waals surface area contributed by atoms with Crippen LogP contribution < -0.4 is 5.32 Å². The monoisotopic (exact) mass is 238 g/mol. The molecule has 88 valence electrons. The second-order valence-corrected chi connectivity index (χ2v) is 5.35. The molecule has 0 spiro atoms. The van der Waals surface area contributed by atoms with E-state index in [0.717, 1.165) is 17.7 Å². The van der Waals surface area contributed by atoms with E-state index < -0.39 is 0 Å². The first-order chi connectivity index (χ1) is 7.66. The zero-order chi connectivity index (χ0) is 11.5. The van der Waals surface area contributed by atoms with Crippen LogP contribution in [0.15, 0.2) is 18.3 Å². The first-order valence-corrected chi connectivity index (χ1v) is 6.41. The third kappa shape index (κ3) is 2.67. The molecule has 0 aromatic carbocycles. The van der Waals surface area contributed by atoms with E-state index in [0.29, 0.717) is 11.1 Å². The largest absolute Gasteiger partial charge is 0.366 e. The van der Waals surface area contributed by atoms with E-state index in [1.54, 1.807) is 6.20 Å². The summed E-state index contributed by atoms with van der Waals surface area (Å²) in [6.45, 7) is 4.67. The van der Waals surface area contributed by atoms with Crippen molar-refractivity contribution in [2.45, 2.75) is 39.2 Å². The summed E-state index contributed by atoms with van der Waals surface area (Å²) < 4.78 is 0. The molecule has 16 heavy (non-hydrogen) atoms. The van der Waals surface area contributed by atoms with Gasteiger partial charge in [0.2, 0.25) is 0 Å². The maximum absolute atomic E-state index is 6.08. The molecule has 2 nitrogen and oxygen atoms in total. The molecule has 2 rings (SSSR count). The molecule has 3 heteroatoms. The molecule has 1 aromatic heterocycles. The normalized spacial score (nSPS) is 30.1. The second kappa shape index (κ2) is 5.05. The fraction of sp³-hybridized carbons (Fsp3) is 0.615. The van der Waals surface area contributed by atoms with Crippen LogP contribution in [0.3, 0.4) is 0 Å². The van der Waals surface area contributed by atoms with Gasteiger partial charge in [-0.3, -0.25) is 0 Å². The molecule has 0 bridgehead atoms.